The van der Waals surface area contributed by atoms with E-state index in [2.05, 4.69) is 16.0 Å². The third-order valence-electron chi connectivity index (χ3n) is 7.21. The van der Waals surface area contributed by atoms with Crippen molar-refractivity contribution in [2.24, 2.45) is 11.3 Å². The number of hydrogen-bond donors (Lipinski definition) is 3. The monoisotopic (exact) mass is 467 g/mol. The van der Waals surface area contributed by atoms with Crippen LogP contribution in [0, 0.1) is 11.3 Å². The molecule has 0 bridgehead atoms. The van der Waals surface area contributed by atoms with Crippen LogP contribution in [0.15, 0.2) is 34.7 Å². The topological polar surface area (TPSA) is 118 Å². The van der Waals surface area contributed by atoms with Gasteiger partial charge >= 0.3 is 0 Å². The molecular weight excluding hydrogens is 434 g/mol. The maximum Gasteiger partial charge on any atom is 0.287 e. The van der Waals surface area contributed by atoms with Gasteiger partial charge in [-0.25, -0.2) is 0 Å². The van der Waals surface area contributed by atoms with Crippen LogP contribution in [0.1, 0.15) is 61.9 Å². The number of nitrogens with one attached hydrogen (secondary N) is 3. The molecule has 1 saturated carbocycles. The fraction of sp³-hybridized carbons (Fsp3) is 0.538. The van der Waals surface area contributed by atoms with Crippen LogP contribution in [0.5, 0.6) is 0 Å². The molecule has 1 aliphatic heterocycles. The molecule has 3 N–H and O–H groups in total. The van der Waals surface area contributed by atoms with Crippen molar-refractivity contribution in [2.75, 3.05) is 13.1 Å². The summed E-state index contributed by atoms with van der Waals surface area (Å²) in [6.45, 7) is 1.20. The third-order valence-corrected chi connectivity index (χ3v) is 7.21. The number of benzene rings is 1. The van der Waals surface area contributed by atoms with Gasteiger partial charge in [0.25, 0.3) is 5.91 Å². The lowest BCUT2D eigenvalue weighted by Crippen LogP contribution is -2.52. The van der Waals surface area contributed by atoms with Gasteiger partial charge in [-0.05, 0) is 43.9 Å². The number of para-hydroxylation sites is 1. The minimum absolute atomic E-state index is 0.145. The van der Waals surface area contributed by atoms with Gasteiger partial charge in [-0.2, -0.15) is 0 Å². The molecule has 3 atom stereocenters. The Bertz CT molecular complexity index is 987. The van der Waals surface area contributed by atoms with Crippen LogP contribution in [-0.4, -0.2) is 49.6 Å². The first-order valence-electron chi connectivity index (χ1n) is 12.2. The lowest BCUT2D eigenvalue weighted by Gasteiger charge is -2.29. The van der Waals surface area contributed by atoms with Crippen LogP contribution in [0.3, 0.4) is 0 Å². The second-order valence-corrected chi connectivity index (χ2v) is 9.78. The molecular formula is C26H33N3O5. The summed E-state index contributed by atoms with van der Waals surface area (Å²) in [5.74, 6) is -0.389. The van der Waals surface area contributed by atoms with Gasteiger partial charge in [0.2, 0.25) is 5.91 Å². The molecule has 2 fully saturated rings. The van der Waals surface area contributed by atoms with E-state index in [1.54, 1.807) is 12.1 Å². The summed E-state index contributed by atoms with van der Waals surface area (Å²) in [5.41, 5.74) is -0.0545. The highest BCUT2D eigenvalue weighted by Crippen LogP contribution is 2.29. The molecule has 34 heavy (non-hydrogen) atoms. The van der Waals surface area contributed by atoms with Crippen molar-refractivity contribution in [3.8, 4) is 0 Å². The summed E-state index contributed by atoms with van der Waals surface area (Å²) >= 11 is 0. The molecule has 0 unspecified atom stereocenters. The molecule has 8 heteroatoms. The van der Waals surface area contributed by atoms with Crippen molar-refractivity contribution in [3.05, 3.63) is 36.1 Å². The summed E-state index contributed by atoms with van der Waals surface area (Å²) in [6.07, 6.45) is 8.39. The summed E-state index contributed by atoms with van der Waals surface area (Å²) in [4.78, 5) is 49.8. The summed E-state index contributed by atoms with van der Waals surface area (Å²) < 4.78 is 5.67. The Labute approximate surface area is 199 Å². The van der Waals surface area contributed by atoms with E-state index < -0.39 is 29.3 Å². The molecule has 0 spiro atoms. The number of hydrogen-bond acceptors (Lipinski definition) is 6. The summed E-state index contributed by atoms with van der Waals surface area (Å²) in [6, 6.07) is 7.41. The van der Waals surface area contributed by atoms with Gasteiger partial charge < -0.3 is 30.0 Å². The Balaban J connectivity index is 1.47. The molecule has 0 radical (unpaired) electrons. The zero-order valence-corrected chi connectivity index (χ0v) is 19.4. The van der Waals surface area contributed by atoms with E-state index in [0.29, 0.717) is 43.7 Å². The predicted octanol–water partition coefficient (Wildman–Crippen LogP) is 2.75. The van der Waals surface area contributed by atoms with Crippen LogP contribution in [0.25, 0.3) is 11.0 Å². The van der Waals surface area contributed by atoms with E-state index >= 15 is 0 Å². The Kier molecular flexibility index (Phi) is 7.77. The van der Waals surface area contributed by atoms with Crippen LogP contribution < -0.4 is 16.0 Å². The molecule has 2 aliphatic rings. The van der Waals surface area contributed by atoms with Crippen molar-refractivity contribution in [1.29, 1.82) is 0 Å². The first kappa shape index (κ1) is 24.1. The third kappa shape index (κ3) is 5.73. The van der Waals surface area contributed by atoms with Crippen molar-refractivity contribution < 1.29 is 23.6 Å². The zero-order valence-electron chi connectivity index (χ0n) is 19.4. The fourth-order valence-corrected chi connectivity index (χ4v) is 5.25. The molecule has 2 heterocycles. The van der Waals surface area contributed by atoms with E-state index in [0.717, 1.165) is 37.4 Å². The van der Waals surface area contributed by atoms with Gasteiger partial charge in [0.1, 0.15) is 24.2 Å². The molecule has 1 aromatic heterocycles. The molecule has 1 aliphatic carbocycles. The van der Waals surface area contributed by atoms with Gasteiger partial charge in [0.05, 0.1) is 6.04 Å². The van der Waals surface area contributed by atoms with Gasteiger partial charge in [0.15, 0.2) is 5.76 Å². The first-order chi connectivity index (χ1) is 16.5. The predicted molar refractivity (Wildman–Crippen MR) is 127 cm³/mol. The number of aldehydes is 2. The van der Waals surface area contributed by atoms with Crippen molar-refractivity contribution in [3.63, 3.8) is 0 Å². The Morgan fingerprint density at radius 3 is 2.62 bits per heavy atom. The number of fused-ring (bicyclic) bond motifs is 1. The summed E-state index contributed by atoms with van der Waals surface area (Å²) in [5, 5.41) is 9.60. The van der Waals surface area contributed by atoms with Gasteiger partial charge in [-0.1, -0.05) is 50.3 Å². The number of rotatable bonds is 10. The smallest absolute Gasteiger partial charge is 0.287 e. The minimum Gasteiger partial charge on any atom is -0.451 e. The molecule has 1 aromatic carbocycles. The average Bonchev–Trinajstić information content (AvgIpc) is 3.51. The SMILES string of the molecule is O=C[C@H](C[C@]1(C=O)CCNC1)NC(=O)[C@H](CC1CCCCC1)NC(=O)c1cc2ccccc2o1. The standard InChI is InChI=1S/C26H33N3O5/c30-15-20(14-26(17-31)10-11-27-16-26)28-24(32)21(12-18-6-2-1-3-7-18)29-25(33)23-13-19-8-4-5-9-22(19)34-23/h4-5,8-9,13,15,17-18,20-21,27H,1-3,6-7,10-12,14,16H2,(H,28,32)(H,29,33)/t20-,21-,26+/m0/s1. The van der Waals surface area contributed by atoms with E-state index in [1.807, 2.05) is 18.2 Å². The number of furan rings is 1. The zero-order chi connectivity index (χ0) is 24.0. The minimum atomic E-state index is -0.797. The van der Waals surface area contributed by atoms with Crippen molar-refractivity contribution in [1.82, 2.24) is 16.0 Å². The normalized spacial score (nSPS) is 22.7. The highest BCUT2D eigenvalue weighted by atomic mass is 16.3. The van der Waals surface area contributed by atoms with E-state index in [9.17, 15) is 19.2 Å². The van der Waals surface area contributed by atoms with E-state index in [1.165, 1.54) is 6.42 Å². The average molecular weight is 468 g/mol. The van der Waals surface area contributed by atoms with Crippen molar-refractivity contribution >= 4 is 35.4 Å². The van der Waals surface area contributed by atoms with Gasteiger partial charge in [-0.15, -0.1) is 0 Å². The Morgan fingerprint density at radius 1 is 1.15 bits per heavy atom. The van der Waals surface area contributed by atoms with E-state index in [-0.39, 0.29) is 12.2 Å². The maximum atomic E-state index is 13.3. The molecule has 4 rings (SSSR count). The number of amides is 2. The largest absolute Gasteiger partial charge is 0.451 e. The van der Waals surface area contributed by atoms with E-state index in [4.69, 9.17) is 4.42 Å². The number of carbonyl (C=O) groups excluding carboxylic acids is 4. The maximum absolute atomic E-state index is 13.3. The van der Waals surface area contributed by atoms with Gasteiger partial charge in [0, 0.05) is 17.3 Å². The first-order valence-corrected chi connectivity index (χ1v) is 12.2. The van der Waals surface area contributed by atoms with Crippen LogP contribution in [0.2, 0.25) is 0 Å². The summed E-state index contributed by atoms with van der Waals surface area (Å²) in [7, 11) is 0. The molecule has 8 nitrogen and oxygen atoms in total. The molecule has 2 amide bonds. The highest BCUT2D eigenvalue weighted by molar-refractivity contribution is 5.98. The van der Waals surface area contributed by atoms with Crippen LogP contribution >= 0.6 is 0 Å². The van der Waals surface area contributed by atoms with Crippen molar-refractivity contribution in [2.45, 2.75) is 63.5 Å². The second kappa shape index (κ2) is 11.0. The second-order valence-electron chi connectivity index (χ2n) is 9.78. The molecule has 2 aromatic rings. The van der Waals surface area contributed by atoms with Crippen LogP contribution in [0.4, 0.5) is 0 Å². The fourth-order valence-electron chi connectivity index (χ4n) is 5.25. The Hall–Kier alpha value is -3.00. The Morgan fingerprint density at radius 2 is 1.94 bits per heavy atom. The van der Waals surface area contributed by atoms with Crippen LogP contribution in [-0.2, 0) is 14.4 Å². The lowest BCUT2D eigenvalue weighted by molar-refractivity contribution is -0.127. The number of carbonyl (C=O) groups is 4. The lowest BCUT2D eigenvalue weighted by atomic mass is 9.82. The van der Waals surface area contributed by atoms with Gasteiger partial charge in [-0.3, -0.25) is 9.59 Å². The highest BCUT2D eigenvalue weighted by Gasteiger charge is 2.37. The molecule has 1 saturated heterocycles. The molecule has 182 valence electrons. The quantitative estimate of drug-likeness (QED) is 0.463.